The molecule has 0 saturated carbocycles. The van der Waals surface area contributed by atoms with Gasteiger partial charge in [-0.1, -0.05) is 0 Å². The van der Waals surface area contributed by atoms with Gasteiger partial charge in [-0.3, -0.25) is 0 Å². The van der Waals surface area contributed by atoms with Gasteiger partial charge in [-0.15, -0.1) is 0 Å². The maximum absolute atomic E-state index is 5.42. The van der Waals surface area contributed by atoms with Crippen LogP contribution in [0.2, 0.25) is 0 Å². The summed E-state index contributed by atoms with van der Waals surface area (Å²) in [5, 5.41) is 3.29. The van der Waals surface area contributed by atoms with Gasteiger partial charge in [-0.2, -0.15) is 0 Å². The molecule has 3 rings (SSSR count). The predicted octanol–water partition coefficient (Wildman–Crippen LogP) is 2.06. The molecule has 0 atom stereocenters. The minimum absolute atomic E-state index is 0.160. The van der Waals surface area contributed by atoms with Gasteiger partial charge in [0, 0.05) is 6.07 Å². The molecule has 2 aromatic rings. The minimum Gasteiger partial charge on any atom is -0.454 e. The summed E-state index contributed by atoms with van der Waals surface area (Å²) in [6, 6.07) is 5.90. The van der Waals surface area contributed by atoms with Crippen molar-refractivity contribution >= 4 is 0 Å². The Morgan fingerprint density at radius 3 is 2.84 bits per heavy atom. The molecule has 0 unspecified atom stereocenters. The number of nitrogens with one attached hydrogen (secondary N) is 1. The van der Waals surface area contributed by atoms with Crippen LogP contribution < -0.4 is 14.8 Å². The Balaban J connectivity index is 2.06. The third-order valence-corrected chi connectivity index (χ3v) is 3.54. The van der Waals surface area contributed by atoms with Crippen LogP contribution in [0.15, 0.2) is 30.7 Å². The van der Waals surface area contributed by atoms with E-state index in [1.165, 1.54) is 0 Å². The van der Waals surface area contributed by atoms with Gasteiger partial charge in [0.2, 0.25) is 6.79 Å². The average Bonchev–Trinajstić information content (AvgIpc) is 3.06. The summed E-state index contributed by atoms with van der Waals surface area (Å²) in [6.07, 6.45) is 3.69. The van der Waals surface area contributed by atoms with Crippen LogP contribution in [0.4, 0.5) is 0 Å². The molecule has 1 aromatic heterocycles. The van der Waals surface area contributed by atoms with Crippen LogP contribution in [0.3, 0.4) is 0 Å². The van der Waals surface area contributed by atoms with Crippen molar-refractivity contribution in [2.24, 2.45) is 0 Å². The summed E-state index contributed by atoms with van der Waals surface area (Å²) >= 11 is 0. The molecule has 0 fully saturated rings. The van der Waals surface area contributed by atoms with Crippen molar-refractivity contribution < 1.29 is 9.47 Å². The summed E-state index contributed by atoms with van der Waals surface area (Å²) in [5.74, 6) is 1.57. The van der Waals surface area contributed by atoms with Crippen molar-refractivity contribution in [3.05, 3.63) is 36.4 Å². The first-order valence-electron chi connectivity index (χ1n) is 6.23. The molecule has 100 valence electrons. The summed E-state index contributed by atoms with van der Waals surface area (Å²) in [4.78, 5) is 4.26. The average molecular weight is 259 g/mol. The smallest absolute Gasteiger partial charge is 0.231 e. The number of nitrogens with zero attached hydrogens (tertiary/aromatic N) is 2. The number of imidazole rings is 1. The van der Waals surface area contributed by atoms with E-state index in [1.807, 2.05) is 37.8 Å². The fourth-order valence-corrected chi connectivity index (χ4v) is 2.13. The molecule has 19 heavy (non-hydrogen) atoms. The fourth-order valence-electron chi connectivity index (χ4n) is 2.13. The van der Waals surface area contributed by atoms with E-state index in [9.17, 15) is 0 Å². The monoisotopic (exact) mass is 259 g/mol. The van der Waals surface area contributed by atoms with Crippen molar-refractivity contribution in [3.63, 3.8) is 0 Å². The lowest BCUT2D eigenvalue weighted by Gasteiger charge is -2.25. The highest BCUT2D eigenvalue weighted by Crippen LogP contribution is 2.34. The van der Waals surface area contributed by atoms with Gasteiger partial charge in [0.15, 0.2) is 11.5 Å². The molecule has 1 aliphatic rings. The number of ether oxygens (including phenoxy) is 2. The minimum atomic E-state index is -0.160. The Morgan fingerprint density at radius 1 is 1.26 bits per heavy atom. The molecular weight excluding hydrogens is 242 g/mol. The van der Waals surface area contributed by atoms with Gasteiger partial charge in [0.1, 0.15) is 0 Å². The highest BCUT2D eigenvalue weighted by atomic mass is 16.7. The van der Waals surface area contributed by atoms with E-state index in [4.69, 9.17) is 9.47 Å². The van der Waals surface area contributed by atoms with Crippen LogP contribution in [0.25, 0.3) is 5.69 Å². The Morgan fingerprint density at radius 2 is 2.05 bits per heavy atom. The zero-order chi connectivity index (χ0) is 13.5. The van der Waals surface area contributed by atoms with Gasteiger partial charge in [-0.25, -0.2) is 4.98 Å². The molecule has 1 N–H and O–H groups in total. The highest BCUT2D eigenvalue weighted by Gasteiger charge is 2.23. The number of rotatable bonds is 3. The van der Waals surface area contributed by atoms with E-state index in [2.05, 4.69) is 28.7 Å². The molecule has 0 aliphatic carbocycles. The zero-order valence-electron chi connectivity index (χ0n) is 11.3. The van der Waals surface area contributed by atoms with E-state index in [-0.39, 0.29) is 12.3 Å². The summed E-state index contributed by atoms with van der Waals surface area (Å²) in [6.45, 7) is 4.53. The van der Waals surface area contributed by atoms with Crippen LogP contribution in [-0.4, -0.2) is 23.4 Å². The van der Waals surface area contributed by atoms with Crippen LogP contribution in [-0.2, 0) is 5.54 Å². The predicted molar refractivity (Wildman–Crippen MR) is 71.8 cm³/mol. The summed E-state index contributed by atoms with van der Waals surface area (Å²) in [7, 11) is 1.94. The first-order chi connectivity index (χ1) is 9.12. The molecule has 0 radical (unpaired) electrons. The number of fused-ring (bicyclic) bond motifs is 1. The second kappa shape index (κ2) is 4.28. The molecule has 0 spiro atoms. The molecular formula is C14H17N3O2. The Labute approximate surface area is 112 Å². The maximum atomic E-state index is 5.42. The lowest BCUT2D eigenvalue weighted by atomic mass is 10.0. The van der Waals surface area contributed by atoms with E-state index in [1.54, 1.807) is 0 Å². The van der Waals surface area contributed by atoms with E-state index < -0.39 is 0 Å². The zero-order valence-corrected chi connectivity index (χ0v) is 11.3. The largest absolute Gasteiger partial charge is 0.454 e. The van der Waals surface area contributed by atoms with Crippen molar-refractivity contribution in [2.75, 3.05) is 13.8 Å². The van der Waals surface area contributed by atoms with E-state index in [0.717, 1.165) is 22.9 Å². The first-order valence-corrected chi connectivity index (χ1v) is 6.23. The van der Waals surface area contributed by atoms with E-state index >= 15 is 0 Å². The second-order valence-electron chi connectivity index (χ2n) is 5.06. The Kier molecular flexibility index (Phi) is 2.71. The van der Waals surface area contributed by atoms with Crippen LogP contribution in [0.5, 0.6) is 11.5 Å². The highest BCUT2D eigenvalue weighted by molar-refractivity contribution is 5.50. The van der Waals surface area contributed by atoms with Gasteiger partial charge in [0.05, 0.1) is 29.4 Å². The lowest BCUT2D eigenvalue weighted by Crippen LogP contribution is -2.35. The van der Waals surface area contributed by atoms with Crippen LogP contribution in [0.1, 0.15) is 19.5 Å². The maximum Gasteiger partial charge on any atom is 0.231 e. The SMILES string of the molecule is CNC(C)(C)c1cncn1-c1ccc2c(c1)OCO2. The molecule has 1 aromatic carbocycles. The number of benzene rings is 1. The van der Waals surface area contributed by atoms with Gasteiger partial charge in [0.25, 0.3) is 0 Å². The summed E-state index contributed by atoms with van der Waals surface area (Å²) < 4.78 is 12.8. The lowest BCUT2D eigenvalue weighted by molar-refractivity contribution is 0.174. The third-order valence-electron chi connectivity index (χ3n) is 3.54. The number of hydrogen-bond acceptors (Lipinski definition) is 4. The third kappa shape index (κ3) is 1.96. The first kappa shape index (κ1) is 12.0. The number of hydrogen-bond donors (Lipinski definition) is 1. The van der Waals surface area contributed by atoms with Crippen molar-refractivity contribution in [1.29, 1.82) is 0 Å². The standard InChI is InChI=1S/C14H17N3O2/c1-14(2,15-3)13-7-16-8-17(13)10-4-5-11-12(6-10)19-9-18-11/h4-8,15H,9H2,1-3H3. The molecule has 5 heteroatoms. The quantitative estimate of drug-likeness (QED) is 0.916. The van der Waals surface area contributed by atoms with Crippen molar-refractivity contribution in [1.82, 2.24) is 14.9 Å². The van der Waals surface area contributed by atoms with Gasteiger partial charge in [-0.05, 0) is 33.0 Å². The molecule has 1 aliphatic heterocycles. The summed E-state index contributed by atoms with van der Waals surface area (Å²) in [5.41, 5.74) is 1.95. The van der Waals surface area contributed by atoms with Crippen LogP contribution in [0, 0.1) is 0 Å². The second-order valence-corrected chi connectivity index (χ2v) is 5.06. The molecule has 0 amide bonds. The normalized spacial score (nSPS) is 13.8. The van der Waals surface area contributed by atoms with Crippen molar-refractivity contribution in [3.8, 4) is 17.2 Å². The number of aromatic nitrogens is 2. The van der Waals surface area contributed by atoms with Crippen molar-refractivity contribution in [2.45, 2.75) is 19.4 Å². The van der Waals surface area contributed by atoms with Crippen LogP contribution >= 0.6 is 0 Å². The topological polar surface area (TPSA) is 48.3 Å². The van der Waals surface area contributed by atoms with Gasteiger partial charge >= 0.3 is 0 Å². The fraction of sp³-hybridized carbons (Fsp3) is 0.357. The Bertz CT molecular complexity index is 604. The van der Waals surface area contributed by atoms with E-state index in [0.29, 0.717) is 0 Å². The molecule has 0 bridgehead atoms. The molecule has 2 heterocycles. The molecule has 0 saturated heterocycles. The van der Waals surface area contributed by atoms with Gasteiger partial charge < -0.3 is 19.4 Å². The molecule has 5 nitrogen and oxygen atoms in total. The Hall–Kier alpha value is -2.01.